The Balaban J connectivity index is 0.00000213. The van der Waals surface area contributed by atoms with Gasteiger partial charge in [-0.3, -0.25) is 9.79 Å². The van der Waals surface area contributed by atoms with Crippen molar-refractivity contribution in [2.24, 2.45) is 4.99 Å². The average Bonchev–Trinajstić information content (AvgIpc) is 3.23. The van der Waals surface area contributed by atoms with Gasteiger partial charge in [-0.05, 0) is 67.3 Å². The molecule has 0 unspecified atom stereocenters. The van der Waals surface area contributed by atoms with Crippen LogP contribution in [0.15, 0.2) is 71.5 Å². The number of aromatic nitrogens is 1. The Morgan fingerprint density at radius 2 is 1.63 bits per heavy atom. The van der Waals surface area contributed by atoms with Gasteiger partial charge in [0.15, 0.2) is 0 Å². The summed E-state index contributed by atoms with van der Waals surface area (Å²) in [7, 11) is 0. The van der Waals surface area contributed by atoms with Crippen molar-refractivity contribution in [1.82, 2.24) is 4.98 Å². The molecule has 0 fully saturated rings. The molecule has 1 aliphatic heterocycles. The van der Waals surface area contributed by atoms with Crippen LogP contribution < -0.4 is 10.6 Å². The number of ether oxygens (including phenoxy) is 1. The molecular formula is C32H50N4O2. The number of benzene rings is 1. The molecule has 0 saturated carbocycles. The number of anilines is 2. The van der Waals surface area contributed by atoms with Gasteiger partial charge in [-0.2, -0.15) is 0 Å². The summed E-state index contributed by atoms with van der Waals surface area (Å²) in [6.07, 6.45) is 12.3. The van der Waals surface area contributed by atoms with Crippen LogP contribution in [0.4, 0.5) is 11.5 Å². The van der Waals surface area contributed by atoms with Crippen molar-refractivity contribution < 1.29 is 9.53 Å². The van der Waals surface area contributed by atoms with Gasteiger partial charge in [-0.25, -0.2) is 4.98 Å². The van der Waals surface area contributed by atoms with E-state index < -0.39 is 0 Å². The highest BCUT2D eigenvalue weighted by Gasteiger charge is 2.15. The fraction of sp³-hybridized carbons (Fsp3) is 0.469. The third-order valence-electron chi connectivity index (χ3n) is 5.27. The first-order valence-electron chi connectivity index (χ1n) is 14.3. The topological polar surface area (TPSA) is 80.8 Å². The molecule has 3 rings (SSSR count). The normalized spacial score (nSPS) is 11.6. The molecule has 0 amide bonds. The predicted octanol–water partition coefficient (Wildman–Crippen LogP) is 8.11. The molecule has 0 aliphatic carbocycles. The zero-order valence-corrected chi connectivity index (χ0v) is 24.7. The Labute approximate surface area is 231 Å². The molecule has 0 spiro atoms. The second-order valence-corrected chi connectivity index (χ2v) is 7.68. The molecule has 0 saturated heterocycles. The molecule has 210 valence electrons. The maximum atomic E-state index is 11.5. The molecule has 2 aromatic rings. The van der Waals surface area contributed by atoms with Crippen LogP contribution in [0.2, 0.25) is 0 Å². The highest BCUT2D eigenvalue weighted by molar-refractivity contribution is 5.90. The van der Waals surface area contributed by atoms with E-state index in [-0.39, 0.29) is 5.97 Å². The summed E-state index contributed by atoms with van der Waals surface area (Å²) in [5.74, 6) is 0.810. The Morgan fingerprint density at radius 3 is 2.26 bits per heavy atom. The van der Waals surface area contributed by atoms with Gasteiger partial charge in [0, 0.05) is 36.8 Å². The van der Waals surface area contributed by atoms with Gasteiger partial charge in [0.2, 0.25) is 0 Å². The van der Waals surface area contributed by atoms with Gasteiger partial charge < -0.3 is 15.4 Å². The number of nitrogen functional groups attached to an aromatic ring is 1. The zero-order valence-electron chi connectivity index (χ0n) is 24.7. The summed E-state index contributed by atoms with van der Waals surface area (Å²) < 4.78 is 5.00. The predicted molar refractivity (Wildman–Crippen MR) is 166 cm³/mol. The second-order valence-electron chi connectivity index (χ2n) is 7.68. The Hall–Kier alpha value is -3.41. The summed E-state index contributed by atoms with van der Waals surface area (Å²) in [5.41, 5.74) is 9.90. The lowest BCUT2D eigenvalue weighted by atomic mass is 10.0. The second kappa shape index (κ2) is 22.8. The fourth-order valence-electron chi connectivity index (χ4n) is 3.62. The van der Waals surface area contributed by atoms with Gasteiger partial charge in [-0.1, -0.05) is 72.6 Å². The van der Waals surface area contributed by atoms with Crippen molar-refractivity contribution in [2.45, 2.75) is 80.6 Å². The Morgan fingerprint density at radius 1 is 0.947 bits per heavy atom. The standard InChI is InChI=1S/C26H32N4O2.3C2H6/c1-2-32-26(31)10-5-3-4-8-18-30(25-9-6-7-16-29-25)24-19-22(15-17-28-20-24)21-11-13-23(27)14-12-21;3*1-2/h6-7,9,11-17,19H,2-5,8,10,18,20,27H2,1H3;3*1-2H3. The average molecular weight is 523 g/mol. The molecule has 0 bridgehead atoms. The first-order chi connectivity index (χ1) is 18.7. The number of unbranched alkanes of at least 4 members (excludes halogenated alkanes) is 3. The Kier molecular flexibility index (Phi) is 20.7. The van der Waals surface area contributed by atoms with Crippen LogP contribution in [0.25, 0.3) is 5.57 Å². The summed E-state index contributed by atoms with van der Waals surface area (Å²) in [6, 6.07) is 13.9. The molecule has 6 heteroatoms. The van der Waals surface area contributed by atoms with E-state index >= 15 is 0 Å². The first-order valence-corrected chi connectivity index (χ1v) is 14.3. The van der Waals surface area contributed by atoms with Gasteiger partial charge in [0.05, 0.1) is 13.2 Å². The van der Waals surface area contributed by atoms with Crippen LogP contribution in [0.5, 0.6) is 0 Å². The van der Waals surface area contributed by atoms with Crippen LogP contribution >= 0.6 is 0 Å². The van der Waals surface area contributed by atoms with E-state index in [1.54, 1.807) is 0 Å². The Bertz CT molecular complexity index is 951. The molecule has 2 heterocycles. The molecule has 2 N–H and O–H groups in total. The summed E-state index contributed by atoms with van der Waals surface area (Å²) in [4.78, 5) is 22.9. The van der Waals surface area contributed by atoms with Crippen LogP contribution in [0.3, 0.4) is 0 Å². The molecule has 0 atom stereocenters. The van der Waals surface area contributed by atoms with Crippen molar-refractivity contribution in [3.63, 3.8) is 0 Å². The monoisotopic (exact) mass is 522 g/mol. The van der Waals surface area contributed by atoms with E-state index in [1.165, 1.54) is 0 Å². The smallest absolute Gasteiger partial charge is 0.305 e. The molecule has 1 aromatic carbocycles. The van der Waals surface area contributed by atoms with E-state index in [9.17, 15) is 4.79 Å². The number of pyridine rings is 1. The summed E-state index contributed by atoms with van der Waals surface area (Å²) in [5, 5.41) is 0. The molecule has 6 nitrogen and oxygen atoms in total. The molecule has 1 aromatic heterocycles. The van der Waals surface area contributed by atoms with Crippen LogP contribution in [-0.4, -0.2) is 36.9 Å². The summed E-state index contributed by atoms with van der Waals surface area (Å²) >= 11 is 0. The minimum atomic E-state index is -0.105. The lowest BCUT2D eigenvalue weighted by Gasteiger charge is -2.26. The number of allylic oxidation sites excluding steroid dienone is 3. The van der Waals surface area contributed by atoms with Crippen molar-refractivity contribution in [1.29, 1.82) is 0 Å². The third kappa shape index (κ3) is 13.2. The maximum absolute atomic E-state index is 11.5. The van der Waals surface area contributed by atoms with Gasteiger partial charge in [-0.15, -0.1) is 0 Å². The lowest BCUT2D eigenvalue weighted by Crippen LogP contribution is -2.26. The maximum Gasteiger partial charge on any atom is 0.305 e. The van der Waals surface area contributed by atoms with Crippen molar-refractivity contribution in [2.75, 3.05) is 30.3 Å². The van der Waals surface area contributed by atoms with Gasteiger partial charge >= 0.3 is 5.97 Å². The third-order valence-corrected chi connectivity index (χ3v) is 5.27. The molecule has 1 aliphatic rings. The SMILES string of the molecule is CC.CC.CC.CCOC(=O)CCCCCCN(C1=CC(c2ccc(N)cc2)=CC=NC1)c1ccccn1. The van der Waals surface area contributed by atoms with Crippen molar-refractivity contribution in [3.05, 3.63) is 72.1 Å². The van der Waals surface area contributed by atoms with E-state index in [0.717, 1.165) is 60.6 Å². The van der Waals surface area contributed by atoms with Gasteiger partial charge in [0.25, 0.3) is 0 Å². The summed E-state index contributed by atoms with van der Waals surface area (Å²) in [6.45, 7) is 15.7. The van der Waals surface area contributed by atoms with Crippen LogP contribution in [0, 0.1) is 0 Å². The van der Waals surface area contributed by atoms with Crippen molar-refractivity contribution in [3.8, 4) is 0 Å². The van der Waals surface area contributed by atoms with E-state index in [1.807, 2.05) is 109 Å². The zero-order chi connectivity index (χ0) is 28.6. The number of carbonyl (C=O) groups is 1. The lowest BCUT2D eigenvalue weighted by molar-refractivity contribution is -0.143. The number of carbonyl (C=O) groups excluding carboxylic acids is 1. The van der Waals surface area contributed by atoms with Gasteiger partial charge in [0.1, 0.15) is 5.82 Å². The minimum absolute atomic E-state index is 0.105. The van der Waals surface area contributed by atoms with E-state index in [2.05, 4.69) is 21.0 Å². The number of esters is 1. The number of nitrogens with two attached hydrogens (primary N) is 1. The van der Waals surface area contributed by atoms with Crippen LogP contribution in [-0.2, 0) is 9.53 Å². The minimum Gasteiger partial charge on any atom is -0.466 e. The van der Waals surface area contributed by atoms with Crippen molar-refractivity contribution >= 4 is 29.3 Å². The molecule has 38 heavy (non-hydrogen) atoms. The quantitative estimate of drug-likeness (QED) is 0.183. The number of rotatable bonds is 11. The van der Waals surface area contributed by atoms with E-state index in [4.69, 9.17) is 10.5 Å². The number of aliphatic imine (C=N–C) groups is 1. The highest BCUT2D eigenvalue weighted by Crippen LogP contribution is 2.25. The number of nitrogens with zero attached hydrogens (tertiary/aromatic N) is 3. The molecular weight excluding hydrogens is 472 g/mol. The van der Waals surface area contributed by atoms with Crippen LogP contribution in [0.1, 0.15) is 86.1 Å². The number of hydrogen-bond acceptors (Lipinski definition) is 6. The largest absolute Gasteiger partial charge is 0.466 e. The molecule has 0 radical (unpaired) electrons. The highest BCUT2D eigenvalue weighted by atomic mass is 16.5. The number of hydrogen-bond donors (Lipinski definition) is 1. The van der Waals surface area contributed by atoms with E-state index in [0.29, 0.717) is 19.6 Å². The first kappa shape index (κ1) is 34.6. The fourth-order valence-corrected chi connectivity index (χ4v) is 3.62.